The summed E-state index contributed by atoms with van der Waals surface area (Å²) in [5.41, 5.74) is 2.13. The van der Waals surface area contributed by atoms with Crippen molar-refractivity contribution in [3.63, 3.8) is 0 Å². The molecule has 0 heterocycles. The van der Waals surface area contributed by atoms with E-state index in [1.165, 1.54) is 0 Å². The van der Waals surface area contributed by atoms with Crippen LogP contribution in [0.2, 0.25) is 0 Å². The van der Waals surface area contributed by atoms with Crippen LogP contribution in [0.5, 0.6) is 0 Å². The highest BCUT2D eigenvalue weighted by Crippen LogP contribution is 2.10. The summed E-state index contributed by atoms with van der Waals surface area (Å²) in [7, 11) is 0. The Kier molecular flexibility index (Phi) is 4.53. The normalized spacial score (nSPS) is 10.1. The van der Waals surface area contributed by atoms with Crippen molar-refractivity contribution in [2.75, 3.05) is 0 Å². The molecule has 92 valence electrons. The molecule has 0 atom stereocenters. The molecule has 0 aliphatic carbocycles. The van der Waals surface area contributed by atoms with Crippen molar-refractivity contribution in [1.29, 1.82) is 0 Å². The Morgan fingerprint density at radius 3 is 2.28 bits per heavy atom. The van der Waals surface area contributed by atoms with Gasteiger partial charge in [-0.2, -0.15) is 0 Å². The zero-order valence-corrected chi connectivity index (χ0v) is 11.5. The third-order valence-corrected chi connectivity index (χ3v) is 3.14. The topological polar surface area (TPSA) is 29.1 Å². The molecule has 0 fully saturated rings. The number of benzene rings is 2. The van der Waals surface area contributed by atoms with Crippen molar-refractivity contribution in [3.8, 4) is 0 Å². The van der Waals surface area contributed by atoms with Gasteiger partial charge in [-0.15, -0.1) is 0 Å². The van der Waals surface area contributed by atoms with E-state index in [0.29, 0.717) is 13.0 Å². The molecular weight excluding hydrogens is 290 g/mol. The van der Waals surface area contributed by atoms with Crippen LogP contribution in [-0.2, 0) is 17.8 Å². The first-order valence-electron chi connectivity index (χ1n) is 5.79. The summed E-state index contributed by atoms with van der Waals surface area (Å²) in [6.45, 7) is 0.568. The smallest absolute Gasteiger partial charge is 0.224 e. The maximum atomic E-state index is 11.7. The summed E-state index contributed by atoms with van der Waals surface area (Å²) in [6, 6.07) is 17.7. The second-order valence-corrected chi connectivity index (χ2v) is 4.98. The molecule has 18 heavy (non-hydrogen) atoms. The molecule has 0 aliphatic heterocycles. The molecule has 2 nitrogen and oxygen atoms in total. The molecule has 0 unspecified atom stereocenters. The fraction of sp³-hybridized carbons (Fsp3) is 0.133. The minimum Gasteiger partial charge on any atom is -0.352 e. The van der Waals surface area contributed by atoms with Gasteiger partial charge in [0.2, 0.25) is 5.91 Å². The van der Waals surface area contributed by atoms with Gasteiger partial charge in [-0.25, -0.2) is 0 Å². The van der Waals surface area contributed by atoms with Gasteiger partial charge in [0.05, 0.1) is 6.42 Å². The zero-order chi connectivity index (χ0) is 12.8. The number of hydrogen-bond acceptors (Lipinski definition) is 1. The first-order chi connectivity index (χ1) is 8.74. The van der Waals surface area contributed by atoms with E-state index < -0.39 is 0 Å². The quantitative estimate of drug-likeness (QED) is 0.922. The second kappa shape index (κ2) is 6.36. The summed E-state index contributed by atoms with van der Waals surface area (Å²) in [5, 5.41) is 2.91. The lowest BCUT2D eigenvalue weighted by atomic mass is 10.1. The SMILES string of the molecule is O=C(Cc1ccccc1)NCc1ccc(Br)cc1. The largest absolute Gasteiger partial charge is 0.352 e. The van der Waals surface area contributed by atoms with Crippen molar-refractivity contribution >= 4 is 21.8 Å². The molecule has 0 radical (unpaired) electrons. The zero-order valence-electron chi connectivity index (χ0n) is 9.90. The van der Waals surface area contributed by atoms with Gasteiger partial charge in [0.1, 0.15) is 0 Å². The fourth-order valence-electron chi connectivity index (χ4n) is 1.65. The highest BCUT2D eigenvalue weighted by molar-refractivity contribution is 9.10. The van der Waals surface area contributed by atoms with Crippen molar-refractivity contribution in [3.05, 3.63) is 70.2 Å². The summed E-state index contributed by atoms with van der Waals surface area (Å²) >= 11 is 3.38. The molecule has 1 amide bonds. The number of nitrogens with one attached hydrogen (secondary N) is 1. The van der Waals surface area contributed by atoms with Crippen LogP contribution >= 0.6 is 15.9 Å². The summed E-state index contributed by atoms with van der Waals surface area (Å²) in [6.07, 6.45) is 0.428. The van der Waals surface area contributed by atoms with Crippen molar-refractivity contribution in [2.45, 2.75) is 13.0 Å². The van der Waals surface area contributed by atoms with Crippen LogP contribution in [0.1, 0.15) is 11.1 Å². The molecule has 0 saturated heterocycles. The lowest BCUT2D eigenvalue weighted by Crippen LogP contribution is -2.24. The molecular formula is C15H14BrNO. The van der Waals surface area contributed by atoms with Crippen LogP contribution in [0.15, 0.2) is 59.1 Å². The van der Waals surface area contributed by atoms with E-state index >= 15 is 0 Å². The molecule has 0 bridgehead atoms. The van der Waals surface area contributed by atoms with Gasteiger partial charge in [0, 0.05) is 11.0 Å². The predicted octanol–water partition coefficient (Wildman–Crippen LogP) is 3.31. The number of amides is 1. The molecule has 2 aromatic carbocycles. The van der Waals surface area contributed by atoms with Crippen LogP contribution in [0.25, 0.3) is 0 Å². The van der Waals surface area contributed by atoms with E-state index in [0.717, 1.165) is 15.6 Å². The van der Waals surface area contributed by atoms with Gasteiger partial charge >= 0.3 is 0 Å². The van der Waals surface area contributed by atoms with E-state index in [1.807, 2.05) is 54.6 Å². The third kappa shape index (κ3) is 4.00. The van der Waals surface area contributed by atoms with Gasteiger partial charge in [0.25, 0.3) is 0 Å². The second-order valence-electron chi connectivity index (χ2n) is 4.07. The maximum absolute atomic E-state index is 11.7. The van der Waals surface area contributed by atoms with Crippen LogP contribution in [0.3, 0.4) is 0 Å². The van der Waals surface area contributed by atoms with E-state index in [1.54, 1.807) is 0 Å². The van der Waals surface area contributed by atoms with Crippen LogP contribution in [0, 0.1) is 0 Å². The predicted molar refractivity (Wildman–Crippen MR) is 76.1 cm³/mol. The highest BCUT2D eigenvalue weighted by Gasteiger charge is 2.02. The van der Waals surface area contributed by atoms with Gasteiger partial charge < -0.3 is 5.32 Å². The standard InChI is InChI=1S/C15H14BrNO/c16-14-8-6-13(7-9-14)11-17-15(18)10-12-4-2-1-3-5-12/h1-9H,10-11H2,(H,17,18). The van der Waals surface area contributed by atoms with Gasteiger partial charge in [-0.3, -0.25) is 4.79 Å². The first-order valence-corrected chi connectivity index (χ1v) is 6.58. The lowest BCUT2D eigenvalue weighted by Gasteiger charge is -2.05. The minimum absolute atomic E-state index is 0.0455. The van der Waals surface area contributed by atoms with E-state index in [4.69, 9.17) is 0 Å². The van der Waals surface area contributed by atoms with Crippen LogP contribution < -0.4 is 5.32 Å². The molecule has 0 aromatic heterocycles. The van der Waals surface area contributed by atoms with E-state index in [9.17, 15) is 4.79 Å². The Morgan fingerprint density at radius 2 is 1.61 bits per heavy atom. The number of halogens is 1. The molecule has 0 spiro atoms. The Hall–Kier alpha value is -1.61. The van der Waals surface area contributed by atoms with Gasteiger partial charge in [-0.05, 0) is 23.3 Å². The first kappa shape index (κ1) is 12.8. The van der Waals surface area contributed by atoms with E-state index in [-0.39, 0.29) is 5.91 Å². The molecule has 3 heteroatoms. The average Bonchev–Trinajstić information content (AvgIpc) is 2.39. The number of carbonyl (C=O) groups excluding carboxylic acids is 1. The van der Waals surface area contributed by atoms with Crippen LogP contribution in [0.4, 0.5) is 0 Å². The Morgan fingerprint density at radius 1 is 0.944 bits per heavy atom. The third-order valence-electron chi connectivity index (χ3n) is 2.61. The molecule has 2 aromatic rings. The van der Waals surface area contributed by atoms with E-state index in [2.05, 4.69) is 21.2 Å². The Bertz CT molecular complexity index is 508. The fourth-order valence-corrected chi connectivity index (χ4v) is 1.91. The molecule has 0 saturated carbocycles. The van der Waals surface area contributed by atoms with Crippen molar-refractivity contribution in [1.82, 2.24) is 5.32 Å². The van der Waals surface area contributed by atoms with Gasteiger partial charge in [0.15, 0.2) is 0 Å². The summed E-state index contributed by atoms with van der Waals surface area (Å²) in [4.78, 5) is 11.7. The monoisotopic (exact) mass is 303 g/mol. The Balaban J connectivity index is 1.83. The van der Waals surface area contributed by atoms with Gasteiger partial charge in [-0.1, -0.05) is 58.4 Å². The number of hydrogen-bond donors (Lipinski definition) is 1. The van der Waals surface area contributed by atoms with Crippen molar-refractivity contribution < 1.29 is 4.79 Å². The maximum Gasteiger partial charge on any atom is 0.224 e. The summed E-state index contributed by atoms with van der Waals surface area (Å²) < 4.78 is 1.04. The molecule has 0 aliphatic rings. The van der Waals surface area contributed by atoms with Crippen molar-refractivity contribution in [2.24, 2.45) is 0 Å². The van der Waals surface area contributed by atoms with Crippen LogP contribution in [-0.4, -0.2) is 5.91 Å². The summed E-state index contributed by atoms with van der Waals surface area (Å²) in [5.74, 6) is 0.0455. The molecule has 1 N–H and O–H groups in total. The number of carbonyl (C=O) groups is 1. The molecule has 2 rings (SSSR count). The average molecular weight is 304 g/mol. The highest BCUT2D eigenvalue weighted by atomic mass is 79.9. The lowest BCUT2D eigenvalue weighted by molar-refractivity contribution is -0.120. The number of rotatable bonds is 4. The minimum atomic E-state index is 0.0455. The Labute approximate surface area is 115 Å².